The molecule has 22 heavy (non-hydrogen) atoms. The van der Waals surface area contributed by atoms with Gasteiger partial charge in [-0.2, -0.15) is 9.97 Å². The molecule has 0 saturated heterocycles. The second kappa shape index (κ2) is 5.29. The summed E-state index contributed by atoms with van der Waals surface area (Å²) in [4.78, 5) is 12.9. The average Bonchev–Trinajstić information content (AvgIpc) is 3.17. The van der Waals surface area contributed by atoms with Crippen molar-refractivity contribution in [2.45, 2.75) is 38.1 Å². The lowest BCUT2D eigenvalue weighted by Crippen LogP contribution is -2.34. The van der Waals surface area contributed by atoms with Crippen LogP contribution < -0.4 is 5.73 Å². The average molecular weight is 322 g/mol. The van der Waals surface area contributed by atoms with Gasteiger partial charge in [-0.15, -0.1) is 17.5 Å². The number of aromatic nitrogens is 6. The minimum atomic E-state index is -0.477. The second-order valence-corrected chi connectivity index (χ2v) is 5.52. The summed E-state index contributed by atoms with van der Waals surface area (Å²) in [7, 11) is 0. The number of hydrogen-bond acceptors (Lipinski definition) is 7. The fourth-order valence-corrected chi connectivity index (χ4v) is 2.74. The van der Waals surface area contributed by atoms with Crippen molar-refractivity contribution < 1.29 is 4.52 Å². The molecule has 0 spiro atoms. The summed E-state index contributed by atoms with van der Waals surface area (Å²) in [5.74, 6) is 1.70. The quantitative estimate of drug-likeness (QED) is 0.764. The van der Waals surface area contributed by atoms with E-state index >= 15 is 0 Å². The highest BCUT2D eigenvalue weighted by atomic mass is 35.5. The molecule has 9 heteroatoms. The second-order valence-electron chi connectivity index (χ2n) is 5.52. The Morgan fingerprint density at radius 3 is 2.77 bits per heavy atom. The molecule has 0 radical (unpaired) electrons. The number of aryl methyl sites for hydroxylation is 1. The molecule has 1 saturated carbocycles. The molecule has 0 aromatic carbocycles. The number of fused-ring (bicyclic) bond motifs is 1. The van der Waals surface area contributed by atoms with Gasteiger partial charge in [-0.3, -0.25) is 0 Å². The van der Waals surface area contributed by atoms with E-state index in [2.05, 4.69) is 25.2 Å². The van der Waals surface area contributed by atoms with Crippen molar-refractivity contribution >= 4 is 18.2 Å². The van der Waals surface area contributed by atoms with Crippen LogP contribution in [-0.2, 0) is 5.54 Å². The number of halogens is 1. The zero-order chi connectivity index (χ0) is 14.4. The van der Waals surface area contributed by atoms with Crippen molar-refractivity contribution in [3.05, 3.63) is 23.8 Å². The van der Waals surface area contributed by atoms with Crippen LogP contribution in [0.25, 0.3) is 17.5 Å². The fourth-order valence-electron chi connectivity index (χ4n) is 2.74. The Labute approximate surface area is 132 Å². The maximum atomic E-state index is 6.33. The molecule has 0 bridgehead atoms. The zero-order valence-electron chi connectivity index (χ0n) is 12.1. The molecule has 1 fully saturated rings. The predicted octanol–water partition coefficient (Wildman–Crippen LogP) is 1.63. The van der Waals surface area contributed by atoms with Crippen molar-refractivity contribution in [2.24, 2.45) is 5.73 Å². The lowest BCUT2D eigenvalue weighted by molar-refractivity contribution is 0.372. The van der Waals surface area contributed by atoms with Crippen LogP contribution in [0.4, 0.5) is 0 Å². The van der Waals surface area contributed by atoms with Crippen LogP contribution >= 0.6 is 12.4 Å². The van der Waals surface area contributed by atoms with Gasteiger partial charge < -0.3 is 10.3 Å². The van der Waals surface area contributed by atoms with Gasteiger partial charge in [0.15, 0.2) is 5.82 Å². The summed E-state index contributed by atoms with van der Waals surface area (Å²) in [5, 5.41) is 8.37. The monoisotopic (exact) mass is 321 g/mol. The third-order valence-electron chi connectivity index (χ3n) is 3.99. The van der Waals surface area contributed by atoms with Gasteiger partial charge in [0.05, 0.1) is 5.54 Å². The van der Waals surface area contributed by atoms with Gasteiger partial charge in [-0.05, 0) is 25.8 Å². The van der Waals surface area contributed by atoms with Crippen LogP contribution in [0, 0.1) is 6.92 Å². The van der Waals surface area contributed by atoms with Gasteiger partial charge in [0.25, 0.3) is 11.7 Å². The molecule has 8 nitrogen and oxygen atoms in total. The molecule has 0 aliphatic heterocycles. The summed E-state index contributed by atoms with van der Waals surface area (Å²) in [6.07, 6.45) is 5.64. The highest BCUT2D eigenvalue weighted by Crippen LogP contribution is 2.35. The topological polar surface area (TPSA) is 108 Å². The third-order valence-corrected chi connectivity index (χ3v) is 3.99. The molecule has 0 amide bonds. The van der Waals surface area contributed by atoms with Crippen molar-refractivity contribution in [3.8, 4) is 11.7 Å². The van der Waals surface area contributed by atoms with E-state index in [1.807, 2.05) is 13.0 Å². The molecule has 2 N–H and O–H groups in total. The van der Waals surface area contributed by atoms with Crippen molar-refractivity contribution in [1.29, 1.82) is 0 Å². The van der Waals surface area contributed by atoms with Crippen LogP contribution in [0.3, 0.4) is 0 Å². The van der Waals surface area contributed by atoms with E-state index in [1.54, 1.807) is 10.7 Å². The number of hydrogen-bond donors (Lipinski definition) is 1. The van der Waals surface area contributed by atoms with E-state index in [0.717, 1.165) is 31.4 Å². The van der Waals surface area contributed by atoms with Gasteiger partial charge >= 0.3 is 0 Å². The highest BCUT2D eigenvalue weighted by Gasteiger charge is 2.36. The van der Waals surface area contributed by atoms with Crippen molar-refractivity contribution in [1.82, 2.24) is 29.7 Å². The van der Waals surface area contributed by atoms with Gasteiger partial charge in [0.1, 0.15) is 0 Å². The molecule has 1 aliphatic carbocycles. The summed E-state index contributed by atoms with van der Waals surface area (Å²) >= 11 is 0. The van der Waals surface area contributed by atoms with Crippen molar-refractivity contribution in [3.63, 3.8) is 0 Å². The summed E-state index contributed by atoms with van der Waals surface area (Å²) in [6.45, 7) is 1.93. The van der Waals surface area contributed by atoms with Crippen LogP contribution in [-0.4, -0.2) is 29.7 Å². The summed E-state index contributed by atoms with van der Waals surface area (Å²) < 4.78 is 6.94. The molecule has 3 aromatic rings. The van der Waals surface area contributed by atoms with E-state index in [1.165, 1.54) is 0 Å². The molecule has 3 heterocycles. The Bertz CT molecular complexity index is 806. The highest BCUT2D eigenvalue weighted by molar-refractivity contribution is 5.85. The summed E-state index contributed by atoms with van der Waals surface area (Å²) in [5.41, 5.74) is 6.79. The van der Waals surface area contributed by atoms with E-state index in [4.69, 9.17) is 10.3 Å². The third kappa shape index (κ3) is 2.24. The molecular formula is C13H16ClN7O. The Kier molecular flexibility index (Phi) is 3.57. The molecule has 3 aromatic heterocycles. The van der Waals surface area contributed by atoms with Crippen LogP contribution in [0.1, 0.15) is 37.2 Å². The Morgan fingerprint density at radius 1 is 1.27 bits per heavy atom. The molecular weight excluding hydrogens is 306 g/mol. The first-order valence-electron chi connectivity index (χ1n) is 6.98. The first-order valence-corrected chi connectivity index (χ1v) is 6.98. The standard InChI is InChI=1S/C13H15N7O.ClH/c1-8-4-7-15-12-16-9(18-20(8)12)10-17-11(19-21-10)13(14)5-2-3-6-13;/h4,7H,2-3,5-6,14H2,1H3;1H. The molecule has 1 aliphatic rings. The molecule has 0 unspecified atom stereocenters. The first kappa shape index (κ1) is 14.9. The summed E-state index contributed by atoms with van der Waals surface area (Å²) in [6, 6.07) is 1.86. The number of nitrogens with zero attached hydrogens (tertiary/aromatic N) is 6. The molecule has 4 rings (SSSR count). The van der Waals surface area contributed by atoms with Gasteiger partial charge in [-0.1, -0.05) is 18.0 Å². The fraction of sp³-hybridized carbons (Fsp3) is 0.462. The van der Waals surface area contributed by atoms with Crippen LogP contribution in [0.5, 0.6) is 0 Å². The Hall–Kier alpha value is -2.06. The largest absolute Gasteiger partial charge is 0.330 e. The lowest BCUT2D eigenvalue weighted by Gasteiger charge is -2.17. The minimum absolute atomic E-state index is 0. The van der Waals surface area contributed by atoms with E-state index < -0.39 is 5.54 Å². The number of nitrogens with two attached hydrogens (primary N) is 1. The SMILES string of the molecule is Cc1ccnc2nc(-c3nc(C4(N)CCCC4)no3)nn12.Cl. The zero-order valence-corrected chi connectivity index (χ0v) is 12.9. The van der Waals surface area contributed by atoms with Gasteiger partial charge in [0, 0.05) is 11.9 Å². The predicted molar refractivity (Wildman–Crippen MR) is 80.4 cm³/mol. The normalized spacial score (nSPS) is 16.8. The van der Waals surface area contributed by atoms with E-state index in [0.29, 0.717) is 17.4 Å². The van der Waals surface area contributed by atoms with Gasteiger partial charge in [0.2, 0.25) is 5.82 Å². The maximum Gasteiger partial charge on any atom is 0.297 e. The van der Waals surface area contributed by atoms with Crippen molar-refractivity contribution in [2.75, 3.05) is 0 Å². The maximum absolute atomic E-state index is 6.33. The molecule has 116 valence electrons. The van der Waals surface area contributed by atoms with E-state index in [-0.39, 0.29) is 18.3 Å². The Morgan fingerprint density at radius 2 is 2.05 bits per heavy atom. The van der Waals surface area contributed by atoms with Gasteiger partial charge in [-0.25, -0.2) is 9.50 Å². The Balaban J connectivity index is 0.00000144. The van der Waals surface area contributed by atoms with E-state index in [9.17, 15) is 0 Å². The smallest absolute Gasteiger partial charge is 0.297 e. The molecule has 0 atom stereocenters. The first-order chi connectivity index (χ1) is 10.2. The minimum Gasteiger partial charge on any atom is -0.330 e. The lowest BCUT2D eigenvalue weighted by atomic mass is 9.99. The van der Waals surface area contributed by atoms with Crippen LogP contribution in [0.15, 0.2) is 16.8 Å². The van der Waals surface area contributed by atoms with Crippen LogP contribution in [0.2, 0.25) is 0 Å². The number of rotatable bonds is 2.